The van der Waals surface area contributed by atoms with Crippen LogP contribution in [0.25, 0.3) is 11.3 Å². The summed E-state index contributed by atoms with van der Waals surface area (Å²) in [4.78, 5) is 1.32. The highest BCUT2D eigenvalue weighted by Crippen LogP contribution is 2.39. The van der Waals surface area contributed by atoms with Gasteiger partial charge in [-0.15, -0.1) is 11.8 Å². The summed E-state index contributed by atoms with van der Waals surface area (Å²) in [5.41, 5.74) is 8.89. The Balaban J connectivity index is 2.16. The summed E-state index contributed by atoms with van der Waals surface area (Å²) in [7, 11) is 0. The van der Waals surface area contributed by atoms with Crippen molar-refractivity contribution in [2.24, 2.45) is 0 Å². The number of aryl methyl sites for hydroxylation is 1. The fourth-order valence-electron chi connectivity index (χ4n) is 1.83. The van der Waals surface area contributed by atoms with Gasteiger partial charge in [-0.25, -0.2) is 0 Å². The highest BCUT2D eigenvalue weighted by molar-refractivity contribution is 7.99. The second-order valence-electron chi connectivity index (χ2n) is 3.51. The number of fused-ring (bicyclic) bond motifs is 1. The standard InChI is InChI=1S/C11H10N2OS/c12-10-6-9(13-14-10)8-3-1-2-7-4-5-15-11(7)8/h1-3,6H,4-5,12H2. The van der Waals surface area contributed by atoms with Gasteiger partial charge in [0.1, 0.15) is 5.69 Å². The monoisotopic (exact) mass is 218 g/mol. The number of nitrogens with zero attached hydrogens (tertiary/aromatic N) is 1. The minimum Gasteiger partial charge on any atom is -0.368 e. The Hall–Kier alpha value is -1.42. The van der Waals surface area contributed by atoms with Crippen LogP contribution >= 0.6 is 11.8 Å². The Morgan fingerprint density at radius 2 is 2.33 bits per heavy atom. The van der Waals surface area contributed by atoms with E-state index in [1.807, 2.05) is 11.8 Å². The first-order valence-electron chi connectivity index (χ1n) is 4.82. The van der Waals surface area contributed by atoms with Crippen molar-refractivity contribution in [1.82, 2.24) is 5.16 Å². The highest BCUT2D eigenvalue weighted by Gasteiger charge is 2.17. The van der Waals surface area contributed by atoms with Crippen LogP contribution in [0, 0.1) is 0 Å². The second-order valence-corrected chi connectivity index (χ2v) is 4.61. The molecule has 0 saturated carbocycles. The fourth-order valence-corrected chi connectivity index (χ4v) is 3.04. The van der Waals surface area contributed by atoms with E-state index in [2.05, 4.69) is 23.4 Å². The minimum atomic E-state index is 0.366. The zero-order valence-corrected chi connectivity index (χ0v) is 8.88. The third kappa shape index (κ3) is 1.41. The van der Waals surface area contributed by atoms with Crippen LogP contribution in [0.15, 0.2) is 33.7 Å². The van der Waals surface area contributed by atoms with E-state index in [-0.39, 0.29) is 0 Å². The molecule has 2 heterocycles. The van der Waals surface area contributed by atoms with Crippen molar-refractivity contribution >= 4 is 17.6 Å². The Kier molecular flexibility index (Phi) is 1.95. The quantitative estimate of drug-likeness (QED) is 0.799. The molecule has 0 unspecified atom stereocenters. The van der Waals surface area contributed by atoms with Crippen LogP contribution in [0.1, 0.15) is 5.56 Å². The van der Waals surface area contributed by atoms with Crippen LogP contribution in [-0.4, -0.2) is 10.9 Å². The van der Waals surface area contributed by atoms with Crippen molar-refractivity contribution in [3.63, 3.8) is 0 Å². The third-order valence-electron chi connectivity index (χ3n) is 2.52. The number of rotatable bonds is 1. The average molecular weight is 218 g/mol. The van der Waals surface area contributed by atoms with Gasteiger partial charge in [-0.3, -0.25) is 0 Å². The molecule has 0 bridgehead atoms. The summed E-state index contributed by atoms with van der Waals surface area (Å²) in [6, 6.07) is 8.07. The maximum Gasteiger partial charge on any atom is 0.222 e. The van der Waals surface area contributed by atoms with E-state index in [0.717, 1.165) is 23.4 Å². The summed E-state index contributed by atoms with van der Waals surface area (Å²) in [6.07, 6.45) is 1.14. The Morgan fingerprint density at radius 3 is 3.13 bits per heavy atom. The zero-order chi connectivity index (χ0) is 10.3. The first-order chi connectivity index (χ1) is 7.34. The summed E-state index contributed by atoms with van der Waals surface area (Å²) < 4.78 is 4.90. The maximum absolute atomic E-state index is 5.53. The van der Waals surface area contributed by atoms with E-state index in [4.69, 9.17) is 10.3 Å². The summed E-state index contributed by atoms with van der Waals surface area (Å²) >= 11 is 1.88. The van der Waals surface area contributed by atoms with Crippen LogP contribution in [-0.2, 0) is 6.42 Å². The highest BCUT2D eigenvalue weighted by atomic mass is 32.2. The molecule has 0 saturated heterocycles. The van der Waals surface area contributed by atoms with Crippen molar-refractivity contribution in [3.05, 3.63) is 29.8 Å². The lowest BCUT2D eigenvalue weighted by molar-refractivity contribution is 0.439. The van der Waals surface area contributed by atoms with E-state index in [0.29, 0.717) is 5.88 Å². The maximum atomic E-state index is 5.53. The molecule has 15 heavy (non-hydrogen) atoms. The largest absolute Gasteiger partial charge is 0.368 e. The number of anilines is 1. The second kappa shape index (κ2) is 3.31. The molecule has 3 rings (SSSR count). The normalized spacial score (nSPS) is 14.1. The molecule has 1 aliphatic rings. The molecule has 4 heteroatoms. The molecule has 0 radical (unpaired) electrons. The molecule has 1 aliphatic heterocycles. The predicted octanol–water partition coefficient (Wildman–Crippen LogP) is 2.57. The molecular weight excluding hydrogens is 208 g/mol. The number of benzene rings is 1. The third-order valence-corrected chi connectivity index (χ3v) is 3.70. The lowest BCUT2D eigenvalue weighted by atomic mass is 10.1. The van der Waals surface area contributed by atoms with Gasteiger partial charge >= 0.3 is 0 Å². The summed E-state index contributed by atoms with van der Waals surface area (Å²) in [6.45, 7) is 0. The van der Waals surface area contributed by atoms with E-state index in [9.17, 15) is 0 Å². The van der Waals surface area contributed by atoms with Gasteiger partial charge in [0.2, 0.25) is 5.88 Å². The molecule has 2 aromatic rings. The van der Waals surface area contributed by atoms with E-state index >= 15 is 0 Å². The Morgan fingerprint density at radius 1 is 1.40 bits per heavy atom. The van der Waals surface area contributed by atoms with Crippen LogP contribution in [0.2, 0.25) is 0 Å². The van der Waals surface area contributed by atoms with Crippen molar-refractivity contribution < 1.29 is 4.52 Å². The van der Waals surface area contributed by atoms with Gasteiger partial charge in [0.15, 0.2) is 0 Å². The smallest absolute Gasteiger partial charge is 0.222 e. The van der Waals surface area contributed by atoms with Gasteiger partial charge in [-0.2, -0.15) is 0 Å². The van der Waals surface area contributed by atoms with Gasteiger partial charge in [-0.05, 0) is 12.0 Å². The average Bonchev–Trinajstić information content (AvgIpc) is 2.84. The van der Waals surface area contributed by atoms with Crippen molar-refractivity contribution in [2.45, 2.75) is 11.3 Å². The molecule has 0 spiro atoms. The molecule has 0 fully saturated rings. The molecule has 2 N–H and O–H groups in total. The summed E-state index contributed by atoms with van der Waals surface area (Å²) in [5, 5.41) is 3.95. The van der Waals surface area contributed by atoms with Gasteiger partial charge < -0.3 is 10.3 Å². The van der Waals surface area contributed by atoms with E-state index in [1.54, 1.807) is 6.07 Å². The number of hydrogen-bond donors (Lipinski definition) is 1. The molecule has 3 nitrogen and oxygen atoms in total. The Labute approximate surface area is 91.6 Å². The van der Waals surface area contributed by atoms with Crippen molar-refractivity contribution in [3.8, 4) is 11.3 Å². The number of aromatic nitrogens is 1. The van der Waals surface area contributed by atoms with Gasteiger partial charge in [-0.1, -0.05) is 23.4 Å². The molecule has 0 atom stereocenters. The predicted molar refractivity (Wildman–Crippen MR) is 60.8 cm³/mol. The topological polar surface area (TPSA) is 52.0 Å². The van der Waals surface area contributed by atoms with Crippen LogP contribution in [0.3, 0.4) is 0 Å². The summed E-state index contributed by atoms with van der Waals surface area (Å²) in [5.74, 6) is 1.52. The number of nitrogens with two attached hydrogens (primary N) is 1. The minimum absolute atomic E-state index is 0.366. The molecule has 0 amide bonds. The number of nitrogen functional groups attached to an aromatic ring is 1. The zero-order valence-electron chi connectivity index (χ0n) is 8.06. The lowest BCUT2D eigenvalue weighted by Crippen LogP contribution is -1.84. The Bertz CT molecular complexity index is 507. The first kappa shape index (κ1) is 8.85. The van der Waals surface area contributed by atoms with Crippen LogP contribution in [0.5, 0.6) is 0 Å². The fraction of sp³-hybridized carbons (Fsp3) is 0.182. The molecule has 1 aromatic heterocycles. The SMILES string of the molecule is Nc1cc(-c2cccc3c2SCC3)no1. The van der Waals surface area contributed by atoms with E-state index < -0.39 is 0 Å². The van der Waals surface area contributed by atoms with Crippen LogP contribution in [0.4, 0.5) is 5.88 Å². The molecule has 76 valence electrons. The molecule has 1 aromatic carbocycles. The van der Waals surface area contributed by atoms with E-state index in [1.165, 1.54) is 10.5 Å². The molecular formula is C11H10N2OS. The van der Waals surface area contributed by atoms with Gasteiger partial charge in [0.05, 0.1) is 0 Å². The van der Waals surface area contributed by atoms with Crippen molar-refractivity contribution in [2.75, 3.05) is 11.5 Å². The van der Waals surface area contributed by atoms with Crippen LogP contribution < -0.4 is 5.73 Å². The number of hydrogen-bond acceptors (Lipinski definition) is 4. The molecule has 0 aliphatic carbocycles. The van der Waals surface area contributed by atoms with Gasteiger partial charge in [0.25, 0.3) is 0 Å². The first-order valence-corrected chi connectivity index (χ1v) is 5.80. The van der Waals surface area contributed by atoms with Gasteiger partial charge in [0, 0.05) is 22.3 Å². The van der Waals surface area contributed by atoms with Crippen molar-refractivity contribution in [1.29, 1.82) is 0 Å². The lowest BCUT2D eigenvalue weighted by Gasteiger charge is -2.03. The number of thioether (sulfide) groups is 1.